The summed E-state index contributed by atoms with van der Waals surface area (Å²) in [6, 6.07) is 14.6. The third-order valence-corrected chi connectivity index (χ3v) is 3.12. The molecule has 2 heteroatoms. The molecule has 2 aromatic rings. The predicted molar refractivity (Wildman–Crippen MR) is 79.4 cm³/mol. The van der Waals surface area contributed by atoms with Crippen LogP contribution in [0.3, 0.4) is 0 Å². The molecule has 100 valence electrons. The maximum absolute atomic E-state index is 5.90. The zero-order chi connectivity index (χ0) is 13.7. The summed E-state index contributed by atoms with van der Waals surface area (Å²) in [6.45, 7) is 5.43. The Morgan fingerprint density at radius 2 is 1.58 bits per heavy atom. The molecule has 0 saturated heterocycles. The molecule has 0 radical (unpaired) electrons. The minimum absolute atomic E-state index is 0.596. The van der Waals surface area contributed by atoms with Crippen molar-refractivity contribution in [2.75, 3.05) is 6.54 Å². The molecule has 19 heavy (non-hydrogen) atoms. The van der Waals surface area contributed by atoms with Crippen LogP contribution < -0.4 is 10.5 Å². The molecule has 0 bridgehead atoms. The van der Waals surface area contributed by atoms with Crippen molar-refractivity contribution in [1.82, 2.24) is 0 Å². The Balaban J connectivity index is 2.09. The highest BCUT2D eigenvalue weighted by Crippen LogP contribution is 2.19. The van der Waals surface area contributed by atoms with Gasteiger partial charge in [0.15, 0.2) is 0 Å². The van der Waals surface area contributed by atoms with Crippen molar-refractivity contribution >= 4 is 0 Å². The topological polar surface area (TPSA) is 35.2 Å². The third kappa shape index (κ3) is 3.83. The van der Waals surface area contributed by atoms with E-state index in [9.17, 15) is 0 Å². The second-order valence-electron chi connectivity index (χ2n) is 4.92. The molecule has 2 aromatic carbocycles. The standard InChI is InChI=1S/C17H21NO/c1-13-9-14(2)11-17(10-13)19-12-16-6-4-3-5-15(16)7-8-18/h3-6,9-11H,7-8,12,18H2,1-2H3. The van der Waals surface area contributed by atoms with E-state index in [1.54, 1.807) is 0 Å². The summed E-state index contributed by atoms with van der Waals surface area (Å²) < 4.78 is 5.90. The predicted octanol–water partition coefficient (Wildman–Crippen LogP) is 3.38. The number of hydrogen-bond donors (Lipinski definition) is 1. The van der Waals surface area contributed by atoms with E-state index in [0.717, 1.165) is 12.2 Å². The van der Waals surface area contributed by atoms with E-state index in [4.69, 9.17) is 10.5 Å². The summed E-state index contributed by atoms with van der Waals surface area (Å²) in [4.78, 5) is 0. The van der Waals surface area contributed by atoms with E-state index in [1.165, 1.54) is 22.3 Å². The SMILES string of the molecule is Cc1cc(C)cc(OCc2ccccc2CCN)c1. The van der Waals surface area contributed by atoms with Crippen molar-refractivity contribution in [3.05, 3.63) is 64.7 Å². The molecule has 0 amide bonds. The maximum Gasteiger partial charge on any atom is 0.120 e. The van der Waals surface area contributed by atoms with Crippen molar-refractivity contribution in [2.24, 2.45) is 5.73 Å². The number of hydrogen-bond acceptors (Lipinski definition) is 2. The van der Waals surface area contributed by atoms with Crippen LogP contribution in [0.2, 0.25) is 0 Å². The Hall–Kier alpha value is -1.80. The molecule has 2 nitrogen and oxygen atoms in total. The van der Waals surface area contributed by atoms with Crippen LogP contribution in [-0.4, -0.2) is 6.54 Å². The van der Waals surface area contributed by atoms with E-state index >= 15 is 0 Å². The average molecular weight is 255 g/mol. The Labute approximate surface area is 115 Å². The van der Waals surface area contributed by atoms with Gasteiger partial charge in [0.05, 0.1) is 0 Å². The monoisotopic (exact) mass is 255 g/mol. The van der Waals surface area contributed by atoms with Gasteiger partial charge in [-0.15, -0.1) is 0 Å². The summed E-state index contributed by atoms with van der Waals surface area (Å²) in [5.41, 5.74) is 10.6. The van der Waals surface area contributed by atoms with Crippen LogP contribution in [0, 0.1) is 13.8 Å². The van der Waals surface area contributed by atoms with Crippen molar-refractivity contribution < 1.29 is 4.74 Å². The van der Waals surface area contributed by atoms with Gasteiger partial charge in [-0.25, -0.2) is 0 Å². The molecular weight excluding hydrogens is 234 g/mol. The Morgan fingerprint density at radius 1 is 0.947 bits per heavy atom. The summed E-state index contributed by atoms with van der Waals surface area (Å²) in [5, 5.41) is 0. The fourth-order valence-electron chi connectivity index (χ4n) is 2.28. The Kier molecular flexibility index (Phi) is 4.58. The molecule has 0 aliphatic rings. The lowest BCUT2D eigenvalue weighted by Crippen LogP contribution is -2.07. The van der Waals surface area contributed by atoms with Gasteiger partial charge in [0.2, 0.25) is 0 Å². The number of aryl methyl sites for hydroxylation is 2. The number of nitrogens with two attached hydrogens (primary N) is 1. The Bertz CT molecular complexity index is 528. The maximum atomic E-state index is 5.90. The fourth-order valence-corrected chi connectivity index (χ4v) is 2.28. The van der Waals surface area contributed by atoms with Crippen LogP contribution in [0.1, 0.15) is 22.3 Å². The number of ether oxygens (including phenoxy) is 1. The highest BCUT2D eigenvalue weighted by Gasteiger charge is 2.03. The van der Waals surface area contributed by atoms with Gasteiger partial charge < -0.3 is 10.5 Å². The van der Waals surface area contributed by atoms with Gasteiger partial charge in [-0.3, -0.25) is 0 Å². The minimum Gasteiger partial charge on any atom is -0.489 e. The normalized spacial score (nSPS) is 10.5. The second-order valence-corrected chi connectivity index (χ2v) is 4.92. The summed E-state index contributed by atoms with van der Waals surface area (Å²) in [5.74, 6) is 0.931. The van der Waals surface area contributed by atoms with Crippen molar-refractivity contribution in [2.45, 2.75) is 26.9 Å². The lowest BCUT2D eigenvalue weighted by atomic mass is 10.1. The van der Waals surface area contributed by atoms with Gasteiger partial charge in [-0.1, -0.05) is 30.3 Å². The fraction of sp³-hybridized carbons (Fsp3) is 0.294. The molecule has 0 fully saturated rings. The van der Waals surface area contributed by atoms with Crippen LogP contribution >= 0.6 is 0 Å². The first-order valence-electron chi connectivity index (χ1n) is 6.67. The van der Waals surface area contributed by atoms with E-state index < -0.39 is 0 Å². The molecule has 0 saturated carbocycles. The lowest BCUT2D eigenvalue weighted by molar-refractivity contribution is 0.304. The van der Waals surface area contributed by atoms with Crippen molar-refractivity contribution in [3.63, 3.8) is 0 Å². The molecule has 2 N–H and O–H groups in total. The van der Waals surface area contributed by atoms with Crippen molar-refractivity contribution in [1.29, 1.82) is 0 Å². The van der Waals surface area contributed by atoms with Crippen LogP contribution in [-0.2, 0) is 13.0 Å². The molecule has 0 unspecified atom stereocenters. The molecule has 0 aliphatic carbocycles. The van der Waals surface area contributed by atoms with Gasteiger partial charge in [0.25, 0.3) is 0 Å². The van der Waals surface area contributed by atoms with E-state index in [1.807, 2.05) is 12.1 Å². The summed E-state index contributed by atoms with van der Waals surface area (Å²) in [6.07, 6.45) is 0.895. The van der Waals surface area contributed by atoms with E-state index in [-0.39, 0.29) is 0 Å². The van der Waals surface area contributed by atoms with Crippen LogP contribution in [0.5, 0.6) is 5.75 Å². The molecule has 0 aliphatic heterocycles. The van der Waals surface area contributed by atoms with E-state index in [2.05, 4.69) is 44.2 Å². The third-order valence-electron chi connectivity index (χ3n) is 3.12. The average Bonchev–Trinajstić information content (AvgIpc) is 2.37. The van der Waals surface area contributed by atoms with Crippen LogP contribution in [0.25, 0.3) is 0 Å². The first-order valence-corrected chi connectivity index (χ1v) is 6.67. The first kappa shape index (κ1) is 13.6. The van der Waals surface area contributed by atoms with Gasteiger partial charge in [-0.2, -0.15) is 0 Å². The largest absolute Gasteiger partial charge is 0.489 e. The Morgan fingerprint density at radius 3 is 2.21 bits per heavy atom. The molecule has 0 heterocycles. The molecule has 0 spiro atoms. The van der Waals surface area contributed by atoms with Crippen LogP contribution in [0.15, 0.2) is 42.5 Å². The van der Waals surface area contributed by atoms with Crippen LogP contribution in [0.4, 0.5) is 0 Å². The summed E-state index contributed by atoms with van der Waals surface area (Å²) >= 11 is 0. The molecular formula is C17H21NO. The summed E-state index contributed by atoms with van der Waals surface area (Å²) in [7, 11) is 0. The smallest absolute Gasteiger partial charge is 0.120 e. The van der Waals surface area contributed by atoms with Gasteiger partial charge >= 0.3 is 0 Å². The highest BCUT2D eigenvalue weighted by molar-refractivity contribution is 5.34. The lowest BCUT2D eigenvalue weighted by Gasteiger charge is -2.11. The minimum atomic E-state index is 0.596. The molecule has 0 aromatic heterocycles. The highest BCUT2D eigenvalue weighted by atomic mass is 16.5. The number of benzene rings is 2. The van der Waals surface area contributed by atoms with Gasteiger partial charge in [-0.05, 0) is 61.2 Å². The van der Waals surface area contributed by atoms with Crippen molar-refractivity contribution in [3.8, 4) is 5.75 Å². The van der Waals surface area contributed by atoms with Gasteiger partial charge in [0.1, 0.15) is 12.4 Å². The number of rotatable bonds is 5. The van der Waals surface area contributed by atoms with E-state index in [0.29, 0.717) is 13.2 Å². The van der Waals surface area contributed by atoms with Gasteiger partial charge in [0, 0.05) is 0 Å². The second kappa shape index (κ2) is 6.39. The zero-order valence-corrected chi connectivity index (χ0v) is 11.6. The zero-order valence-electron chi connectivity index (χ0n) is 11.6. The quantitative estimate of drug-likeness (QED) is 0.889. The molecule has 2 rings (SSSR count). The molecule has 0 atom stereocenters. The first-order chi connectivity index (χ1) is 9.19.